The number of esters is 1. The zero-order valence-electron chi connectivity index (χ0n) is 15.2. The van der Waals surface area contributed by atoms with Crippen LogP contribution in [0.4, 0.5) is 4.79 Å². The van der Waals surface area contributed by atoms with Crippen LogP contribution < -0.4 is 10.6 Å². The van der Waals surface area contributed by atoms with Gasteiger partial charge in [-0.25, -0.2) is 9.59 Å². The predicted molar refractivity (Wildman–Crippen MR) is 94.0 cm³/mol. The molecule has 0 saturated carbocycles. The molecule has 0 saturated heterocycles. The van der Waals surface area contributed by atoms with Gasteiger partial charge in [-0.2, -0.15) is 0 Å². The maximum atomic E-state index is 12.3. The van der Waals surface area contributed by atoms with Crippen LogP contribution in [0.3, 0.4) is 0 Å². The summed E-state index contributed by atoms with van der Waals surface area (Å²) >= 11 is 0. The Kier molecular flexibility index (Phi) is 9.14. The van der Waals surface area contributed by atoms with Gasteiger partial charge in [0, 0.05) is 0 Å². The van der Waals surface area contributed by atoms with E-state index < -0.39 is 36.7 Å². The molecule has 1 aromatic carbocycles. The molecule has 0 bridgehead atoms. The van der Waals surface area contributed by atoms with Gasteiger partial charge >= 0.3 is 12.1 Å². The van der Waals surface area contributed by atoms with Gasteiger partial charge in [-0.3, -0.25) is 4.79 Å². The normalized spacial score (nSPS) is 13.8. The molecule has 0 spiro atoms. The number of hydrogen-bond acceptors (Lipinski definition) is 6. The lowest BCUT2D eigenvalue weighted by molar-refractivity contribution is -0.147. The van der Waals surface area contributed by atoms with Gasteiger partial charge in [0.05, 0.1) is 13.7 Å². The zero-order valence-corrected chi connectivity index (χ0v) is 15.2. The molecule has 0 aliphatic rings. The lowest BCUT2D eigenvalue weighted by atomic mass is 9.99. The zero-order chi connectivity index (χ0) is 19.5. The average molecular weight is 366 g/mol. The van der Waals surface area contributed by atoms with E-state index in [-0.39, 0.29) is 12.5 Å². The molecular formula is C18H26N2O6. The molecule has 1 rings (SSSR count). The molecule has 0 aromatic heterocycles. The number of ether oxygens (including phenoxy) is 2. The summed E-state index contributed by atoms with van der Waals surface area (Å²) in [5, 5.41) is 14.2. The van der Waals surface area contributed by atoms with E-state index in [0.717, 1.165) is 5.56 Å². The van der Waals surface area contributed by atoms with Gasteiger partial charge < -0.3 is 25.2 Å². The molecule has 0 heterocycles. The van der Waals surface area contributed by atoms with Crippen molar-refractivity contribution in [2.75, 3.05) is 13.7 Å². The number of amides is 2. The summed E-state index contributed by atoms with van der Waals surface area (Å²) in [5.74, 6) is -1.45. The molecule has 0 radical (unpaired) electrons. The minimum Gasteiger partial charge on any atom is -0.467 e. The van der Waals surface area contributed by atoms with E-state index in [1.54, 1.807) is 19.1 Å². The first-order valence-corrected chi connectivity index (χ1v) is 8.39. The quantitative estimate of drug-likeness (QED) is 0.561. The van der Waals surface area contributed by atoms with Crippen molar-refractivity contribution in [3.8, 4) is 0 Å². The molecule has 1 aromatic rings. The number of aliphatic hydroxyl groups excluding tert-OH is 1. The summed E-state index contributed by atoms with van der Waals surface area (Å²) < 4.78 is 9.71. The Balaban J connectivity index is 2.60. The van der Waals surface area contributed by atoms with Crippen molar-refractivity contribution in [2.24, 2.45) is 5.92 Å². The molecule has 2 amide bonds. The highest BCUT2D eigenvalue weighted by atomic mass is 16.5. The maximum Gasteiger partial charge on any atom is 0.408 e. The van der Waals surface area contributed by atoms with Gasteiger partial charge in [0.2, 0.25) is 5.91 Å². The SMILES string of the molecule is CC[C@H](C)[C@H](NC(=O)[C@H](CO)NC(=O)OCc1ccccc1)C(=O)OC. The molecule has 0 unspecified atom stereocenters. The Morgan fingerprint density at radius 3 is 2.35 bits per heavy atom. The fraction of sp³-hybridized carbons (Fsp3) is 0.500. The summed E-state index contributed by atoms with van der Waals surface area (Å²) in [7, 11) is 1.23. The molecule has 0 fully saturated rings. The standard InChI is InChI=1S/C18H26N2O6/c1-4-12(2)15(17(23)25-3)20-16(22)14(10-21)19-18(24)26-11-13-8-6-5-7-9-13/h5-9,12,14-15,21H,4,10-11H2,1-3H3,(H,19,24)(H,20,22)/t12-,14-,15-/m0/s1. The van der Waals surface area contributed by atoms with Crippen molar-refractivity contribution in [3.63, 3.8) is 0 Å². The topological polar surface area (TPSA) is 114 Å². The molecule has 3 atom stereocenters. The van der Waals surface area contributed by atoms with Crippen LogP contribution in [0, 0.1) is 5.92 Å². The Morgan fingerprint density at radius 2 is 1.81 bits per heavy atom. The highest BCUT2D eigenvalue weighted by Gasteiger charge is 2.30. The summed E-state index contributed by atoms with van der Waals surface area (Å²) in [6.07, 6.45) is -0.211. The van der Waals surface area contributed by atoms with E-state index in [9.17, 15) is 19.5 Å². The first-order chi connectivity index (χ1) is 12.4. The Morgan fingerprint density at radius 1 is 1.15 bits per heavy atom. The Bertz CT molecular complexity index is 593. The highest BCUT2D eigenvalue weighted by molar-refractivity contribution is 5.89. The van der Waals surface area contributed by atoms with Crippen LogP contribution in [-0.4, -0.2) is 48.9 Å². The fourth-order valence-electron chi connectivity index (χ4n) is 2.15. The van der Waals surface area contributed by atoms with Crippen LogP contribution in [0.25, 0.3) is 0 Å². The third kappa shape index (κ3) is 6.72. The Labute approximate surface area is 152 Å². The first kappa shape index (κ1) is 21.4. The number of carbonyl (C=O) groups is 3. The van der Waals surface area contributed by atoms with Gasteiger partial charge in [-0.15, -0.1) is 0 Å². The van der Waals surface area contributed by atoms with Crippen molar-refractivity contribution in [3.05, 3.63) is 35.9 Å². The monoisotopic (exact) mass is 366 g/mol. The second kappa shape index (κ2) is 11.1. The number of nitrogens with one attached hydrogen (secondary N) is 2. The third-order valence-corrected chi connectivity index (χ3v) is 3.97. The predicted octanol–water partition coefficient (Wildman–Crippen LogP) is 0.978. The molecular weight excluding hydrogens is 340 g/mol. The molecule has 3 N–H and O–H groups in total. The van der Waals surface area contributed by atoms with E-state index in [2.05, 4.69) is 10.6 Å². The van der Waals surface area contributed by atoms with Crippen LogP contribution in [0.2, 0.25) is 0 Å². The highest BCUT2D eigenvalue weighted by Crippen LogP contribution is 2.09. The van der Waals surface area contributed by atoms with Gasteiger partial charge in [0.1, 0.15) is 18.7 Å². The summed E-state index contributed by atoms with van der Waals surface area (Å²) in [6.45, 7) is 3.05. The number of alkyl carbamates (subject to hydrolysis) is 1. The van der Waals surface area contributed by atoms with Crippen LogP contribution in [0.1, 0.15) is 25.8 Å². The summed E-state index contributed by atoms with van der Waals surface area (Å²) in [4.78, 5) is 36.0. The van der Waals surface area contributed by atoms with Gasteiger partial charge in [0.25, 0.3) is 0 Å². The molecule has 0 aliphatic carbocycles. The van der Waals surface area contributed by atoms with Crippen molar-refractivity contribution in [2.45, 2.75) is 39.0 Å². The number of hydrogen-bond donors (Lipinski definition) is 3. The van der Waals surface area contributed by atoms with Crippen LogP contribution in [-0.2, 0) is 25.7 Å². The summed E-state index contributed by atoms with van der Waals surface area (Å²) in [6, 6.07) is 6.92. The van der Waals surface area contributed by atoms with E-state index in [4.69, 9.17) is 9.47 Å². The van der Waals surface area contributed by atoms with Crippen molar-refractivity contribution in [1.29, 1.82) is 0 Å². The van der Waals surface area contributed by atoms with E-state index in [1.807, 2.05) is 25.1 Å². The van der Waals surface area contributed by atoms with E-state index >= 15 is 0 Å². The number of benzene rings is 1. The lowest BCUT2D eigenvalue weighted by Gasteiger charge is -2.24. The minimum atomic E-state index is -1.24. The number of carbonyl (C=O) groups excluding carboxylic acids is 3. The third-order valence-electron chi connectivity index (χ3n) is 3.97. The molecule has 8 nitrogen and oxygen atoms in total. The van der Waals surface area contributed by atoms with Gasteiger partial charge in [-0.05, 0) is 11.5 Å². The van der Waals surface area contributed by atoms with Crippen LogP contribution >= 0.6 is 0 Å². The molecule has 144 valence electrons. The van der Waals surface area contributed by atoms with Crippen molar-refractivity contribution < 1.29 is 29.0 Å². The van der Waals surface area contributed by atoms with Gasteiger partial charge in [-0.1, -0.05) is 50.6 Å². The second-order valence-corrected chi connectivity index (χ2v) is 5.84. The average Bonchev–Trinajstić information content (AvgIpc) is 2.67. The largest absolute Gasteiger partial charge is 0.467 e. The smallest absolute Gasteiger partial charge is 0.408 e. The molecule has 0 aliphatic heterocycles. The lowest BCUT2D eigenvalue weighted by Crippen LogP contribution is -2.55. The van der Waals surface area contributed by atoms with E-state index in [0.29, 0.717) is 6.42 Å². The summed E-state index contributed by atoms with van der Waals surface area (Å²) in [5.41, 5.74) is 0.787. The van der Waals surface area contributed by atoms with Crippen molar-refractivity contribution in [1.82, 2.24) is 10.6 Å². The van der Waals surface area contributed by atoms with Gasteiger partial charge in [0.15, 0.2) is 0 Å². The first-order valence-electron chi connectivity index (χ1n) is 8.39. The van der Waals surface area contributed by atoms with Crippen LogP contribution in [0.5, 0.6) is 0 Å². The van der Waals surface area contributed by atoms with E-state index in [1.165, 1.54) is 7.11 Å². The number of rotatable bonds is 9. The molecule has 26 heavy (non-hydrogen) atoms. The number of methoxy groups -OCH3 is 1. The van der Waals surface area contributed by atoms with Crippen molar-refractivity contribution >= 4 is 18.0 Å². The minimum absolute atomic E-state index is 0.0318. The second-order valence-electron chi connectivity index (χ2n) is 5.84. The maximum absolute atomic E-state index is 12.3. The van der Waals surface area contributed by atoms with Crippen LogP contribution in [0.15, 0.2) is 30.3 Å². The number of aliphatic hydroxyl groups is 1. The fourth-order valence-corrected chi connectivity index (χ4v) is 2.15. The Hall–Kier alpha value is -2.61. The molecule has 8 heteroatoms.